The maximum Gasteiger partial charge on any atom is 0.337 e. The van der Waals surface area contributed by atoms with E-state index in [-0.39, 0.29) is 18.0 Å². The predicted octanol–water partition coefficient (Wildman–Crippen LogP) is 2.75. The van der Waals surface area contributed by atoms with E-state index in [4.69, 9.17) is 9.15 Å². The number of aliphatic hydroxyl groups excluding tert-OH is 1. The smallest absolute Gasteiger partial charge is 0.337 e. The number of ether oxygens (including phenoxy) is 1. The summed E-state index contributed by atoms with van der Waals surface area (Å²) in [6, 6.07) is 11.1. The van der Waals surface area contributed by atoms with Crippen molar-refractivity contribution in [3.8, 4) is 0 Å². The molecule has 0 spiro atoms. The molecule has 0 saturated carbocycles. The first kappa shape index (κ1) is 15.3. The number of aliphatic hydroxyl groups is 1. The first-order valence-electron chi connectivity index (χ1n) is 7.50. The molecule has 2 N–H and O–H groups in total. The Bertz CT molecular complexity index is 783. The zero-order chi connectivity index (χ0) is 16.4. The Morgan fingerprint density at radius 1 is 1.39 bits per heavy atom. The molecule has 3 rings (SSSR count). The minimum absolute atomic E-state index is 0.123. The molecule has 0 saturated heterocycles. The molecule has 6 heteroatoms. The van der Waals surface area contributed by atoms with E-state index in [1.54, 1.807) is 0 Å². The quantitative estimate of drug-likeness (QED) is 0.910. The summed E-state index contributed by atoms with van der Waals surface area (Å²) in [5.41, 5.74) is 1.68. The van der Waals surface area contributed by atoms with Crippen LogP contribution in [0.4, 0.5) is 5.88 Å². The van der Waals surface area contributed by atoms with E-state index < -0.39 is 11.9 Å². The van der Waals surface area contributed by atoms with Gasteiger partial charge in [0.25, 0.3) is 6.02 Å². The molecular formula is C17H18N2O4. The molecule has 6 nitrogen and oxygen atoms in total. The van der Waals surface area contributed by atoms with E-state index in [9.17, 15) is 9.90 Å². The molecule has 1 aliphatic heterocycles. The number of aryl methyl sites for hydroxylation is 1. The van der Waals surface area contributed by atoms with E-state index in [1.807, 2.05) is 44.2 Å². The van der Waals surface area contributed by atoms with E-state index in [0.717, 1.165) is 5.56 Å². The lowest BCUT2D eigenvalue weighted by Gasteiger charge is -2.24. The van der Waals surface area contributed by atoms with Gasteiger partial charge in [-0.05, 0) is 24.5 Å². The van der Waals surface area contributed by atoms with Crippen LogP contribution in [0.1, 0.15) is 42.9 Å². The van der Waals surface area contributed by atoms with Crippen LogP contribution < -0.4 is 10.9 Å². The van der Waals surface area contributed by atoms with Gasteiger partial charge in [-0.15, -0.1) is 0 Å². The Balaban J connectivity index is 1.86. The zero-order valence-corrected chi connectivity index (χ0v) is 12.9. The van der Waals surface area contributed by atoms with Crippen molar-refractivity contribution in [1.82, 2.24) is 0 Å². The van der Waals surface area contributed by atoms with E-state index >= 15 is 0 Å². The SMILES string of the molecule is CCc1cc(=O)oc2c1C(O)N=C(O[C@@H](C)c1ccccc1)N2. The van der Waals surface area contributed by atoms with Crippen LogP contribution in [-0.4, -0.2) is 11.1 Å². The summed E-state index contributed by atoms with van der Waals surface area (Å²) >= 11 is 0. The Hall–Kier alpha value is -2.60. The molecule has 1 unspecified atom stereocenters. The van der Waals surface area contributed by atoms with Gasteiger partial charge in [-0.2, -0.15) is 4.99 Å². The third-order valence-corrected chi connectivity index (χ3v) is 3.74. The number of fused-ring (bicyclic) bond motifs is 1. The summed E-state index contributed by atoms with van der Waals surface area (Å²) in [4.78, 5) is 15.7. The Labute approximate surface area is 133 Å². The van der Waals surface area contributed by atoms with Crippen molar-refractivity contribution < 1.29 is 14.3 Å². The van der Waals surface area contributed by atoms with Crippen molar-refractivity contribution in [2.45, 2.75) is 32.6 Å². The second-order valence-electron chi connectivity index (χ2n) is 5.29. The fourth-order valence-corrected chi connectivity index (χ4v) is 2.54. The summed E-state index contributed by atoms with van der Waals surface area (Å²) in [7, 11) is 0. The number of rotatable bonds is 3. The summed E-state index contributed by atoms with van der Waals surface area (Å²) < 4.78 is 10.9. The molecule has 0 fully saturated rings. The minimum Gasteiger partial charge on any atom is -0.457 e. The summed E-state index contributed by atoms with van der Waals surface area (Å²) in [5, 5.41) is 13.1. The molecular weight excluding hydrogens is 296 g/mol. The normalized spacial score (nSPS) is 17.7. The molecule has 2 aromatic rings. The number of benzene rings is 1. The first-order chi connectivity index (χ1) is 11.1. The maximum absolute atomic E-state index is 11.6. The van der Waals surface area contributed by atoms with Crippen LogP contribution in [0.5, 0.6) is 0 Å². The molecule has 1 aromatic heterocycles. The highest BCUT2D eigenvalue weighted by Gasteiger charge is 2.27. The lowest BCUT2D eigenvalue weighted by molar-refractivity contribution is 0.162. The van der Waals surface area contributed by atoms with Gasteiger partial charge in [0.05, 0.1) is 5.56 Å². The fraction of sp³-hybridized carbons (Fsp3) is 0.294. The lowest BCUT2D eigenvalue weighted by atomic mass is 10.1. The zero-order valence-electron chi connectivity index (χ0n) is 12.9. The van der Waals surface area contributed by atoms with Gasteiger partial charge < -0.3 is 14.3 Å². The molecule has 0 aliphatic carbocycles. The monoisotopic (exact) mass is 314 g/mol. The molecule has 120 valence electrons. The van der Waals surface area contributed by atoms with E-state index in [0.29, 0.717) is 17.5 Å². The van der Waals surface area contributed by atoms with Gasteiger partial charge >= 0.3 is 5.63 Å². The average molecular weight is 314 g/mol. The molecule has 1 aliphatic rings. The molecule has 1 aromatic carbocycles. The van der Waals surface area contributed by atoms with Gasteiger partial charge in [0.15, 0.2) is 6.23 Å². The molecule has 0 radical (unpaired) electrons. The van der Waals surface area contributed by atoms with Gasteiger partial charge in [0.1, 0.15) is 6.10 Å². The standard InChI is InChI=1S/C17H18N2O4/c1-3-11-9-13(20)23-16-14(11)15(21)18-17(19-16)22-10(2)12-7-5-4-6-8-12/h4-10,15,21H,3H2,1-2H3,(H,18,19)/t10-,15?/m0/s1. The van der Waals surface area contributed by atoms with Gasteiger partial charge in [-0.3, -0.25) is 5.32 Å². The molecule has 2 heterocycles. The number of nitrogens with zero attached hydrogens (tertiary/aromatic N) is 1. The lowest BCUT2D eigenvalue weighted by Crippen LogP contribution is -2.26. The fourth-order valence-electron chi connectivity index (χ4n) is 2.54. The largest absolute Gasteiger partial charge is 0.457 e. The van der Waals surface area contributed by atoms with Crippen LogP contribution in [0.2, 0.25) is 0 Å². The van der Waals surface area contributed by atoms with Gasteiger partial charge in [0, 0.05) is 6.07 Å². The number of nitrogens with one attached hydrogen (secondary N) is 1. The third kappa shape index (κ3) is 3.12. The third-order valence-electron chi connectivity index (χ3n) is 3.74. The highest BCUT2D eigenvalue weighted by atomic mass is 16.5. The first-order valence-corrected chi connectivity index (χ1v) is 7.50. The van der Waals surface area contributed by atoms with Crippen LogP contribution in [-0.2, 0) is 11.2 Å². The minimum atomic E-state index is -1.12. The van der Waals surface area contributed by atoms with Crippen LogP contribution in [0, 0.1) is 0 Å². The van der Waals surface area contributed by atoms with Gasteiger partial charge in [-0.25, -0.2) is 4.79 Å². The summed E-state index contributed by atoms with van der Waals surface area (Å²) in [6.07, 6.45) is -0.792. The van der Waals surface area contributed by atoms with Crippen LogP contribution in [0.3, 0.4) is 0 Å². The van der Waals surface area contributed by atoms with Crippen LogP contribution in [0.25, 0.3) is 0 Å². The Morgan fingerprint density at radius 3 is 2.83 bits per heavy atom. The van der Waals surface area contributed by atoms with Crippen molar-refractivity contribution in [2.24, 2.45) is 4.99 Å². The van der Waals surface area contributed by atoms with Crippen molar-refractivity contribution in [1.29, 1.82) is 0 Å². The van der Waals surface area contributed by atoms with E-state index in [1.165, 1.54) is 6.07 Å². The predicted molar refractivity (Wildman–Crippen MR) is 86.3 cm³/mol. The highest BCUT2D eigenvalue weighted by molar-refractivity contribution is 5.90. The second kappa shape index (κ2) is 6.26. The van der Waals surface area contributed by atoms with Crippen LogP contribution in [0.15, 0.2) is 50.6 Å². The number of anilines is 1. The van der Waals surface area contributed by atoms with Gasteiger partial charge in [-0.1, -0.05) is 37.3 Å². The number of aliphatic imine (C=N–C) groups is 1. The van der Waals surface area contributed by atoms with Crippen molar-refractivity contribution in [3.05, 3.63) is 63.5 Å². The summed E-state index contributed by atoms with van der Waals surface area (Å²) in [5.74, 6) is 0.187. The molecule has 0 amide bonds. The average Bonchev–Trinajstić information content (AvgIpc) is 2.54. The van der Waals surface area contributed by atoms with E-state index in [2.05, 4.69) is 10.3 Å². The Kier molecular flexibility index (Phi) is 4.16. The van der Waals surface area contributed by atoms with Crippen molar-refractivity contribution in [3.63, 3.8) is 0 Å². The second-order valence-corrected chi connectivity index (χ2v) is 5.29. The number of hydrogen-bond acceptors (Lipinski definition) is 6. The van der Waals surface area contributed by atoms with Crippen molar-refractivity contribution >= 4 is 11.9 Å². The molecule has 2 atom stereocenters. The Morgan fingerprint density at radius 2 is 2.13 bits per heavy atom. The topological polar surface area (TPSA) is 84.1 Å². The molecule has 0 bridgehead atoms. The molecule has 23 heavy (non-hydrogen) atoms. The van der Waals surface area contributed by atoms with Gasteiger partial charge in [0.2, 0.25) is 5.88 Å². The number of hydrogen-bond donors (Lipinski definition) is 2. The summed E-state index contributed by atoms with van der Waals surface area (Å²) in [6.45, 7) is 3.77. The number of amidine groups is 1. The highest BCUT2D eigenvalue weighted by Crippen LogP contribution is 2.31. The maximum atomic E-state index is 11.6. The van der Waals surface area contributed by atoms with Crippen molar-refractivity contribution in [2.75, 3.05) is 5.32 Å². The van der Waals surface area contributed by atoms with Crippen LogP contribution >= 0.6 is 0 Å².